The van der Waals surface area contributed by atoms with Gasteiger partial charge in [-0.1, -0.05) is 18.2 Å². The molecule has 1 aliphatic heterocycles. The summed E-state index contributed by atoms with van der Waals surface area (Å²) < 4.78 is 11.1. The summed E-state index contributed by atoms with van der Waals surface area (Å²) in [5.41, 5.74) is 1.04. The molecule has 1 aliphatic rings. The fourth-order valence-corrected chi connectivity index (χ4v) is 2.04. The zero-order chi connectivity index (χ0) is 14.7. The molecule has 2 aromatic rings. The zero-order valence-electron chi connectivity index (χ0n) is 11.1. The third-order valence-corrected chi connectivity index (χ3v) is 3.06. The summed E-state index contributed by atoms with van der Waals surface area (Å²) in [6.07, 6.45) is -0.717. The lowest BCUT2D eigenvalue weighted by atomic mass is 10.2. The van der Waals surface area contributed by atoms with E-state index in [2.05, 4.69) is 5.32 Å². The van der Waals surface area contributed by atoms with Crippen molar-refractivity contribution in [3.63, 3.8) is 0 Å². The number of hydrogen-bond donors (Lipinski definition) is 1. The minimum atomic E-state index is -0.717. The molecule has 5 nitrogen and oxygen atoms in total. The van der Waals surface area contributed by atoms with Gasteiger partial charge in [-0.3, -0.25) is 4.79 Å². The van der Waals surface area contributed by atoms with Crippen molar-refractivity contribution in [3.8, 4) is 17.6 Å². The number of hydrogen-bond acceptors (Lipinski definition) is 4. The number of fused-ring (bicyclic) bond motifs is 1. The zero-order valence-corrected chi connectivity index (χ0v) is 11.1. The molecule has 0 saturated carbocycles. The van der Waals surface area contributed by atoms with Crippen LogP contribution in [0, 0.1) is 11.3 Å². The second-order valence-corrected chi connectivity index (χ2v) is 4.55. The van der Waals surface area contributed by atoms with Crippen molar-refractivity contribution >= 4 is 11.6 Å². The van der Waals surface area contributed by atoms with Crippen LogP contribution < -0.4 is 14.8 Å². The number of nitriles is 1. The van der Waals surface area contributed by atoms with Gasteiger partial charge in [0.1, 0.15) is 6.61 Å². The van der Waals surface area contributed by atoms with Gasteiger partial charge in [0.25, 0.3) is 5.91 Å². The molecule has 1 atom stereocenters. The summed E-state index contributed by atoms with van der Waals surface area (Å²) in [5, 5.41) is 11.6. The Hall–Kier alpha value is -3.00. The van der Waals surface area contributed by atoms with Crippen LogP contribution in [-0.4, -0.2) is 18.6 Å². The van der Waals surface area contributed by atoms with Crippen molar-refractivity contribution in [2.45, 2.75) is 6.10 Å². The predicted molar refractivity (Wildman–Crippen MR) is 76.1 cm³/mol. The van der Waals surface area contributed by atoms with Gasteiger partial charge in [0, 0.05) is 5.69 Å². The molecule has 104 valence electrons. The summed E-state index contributed by atoms with van der Waals surface area (Å²) in [6.45, 7) is 0.154. The van der Waals surface area contributed by atoms with E-state index in [0.717, 1.165) is 0 Å². The maximum absolute atomic E-state index is 12.2. The number of nitrogens with zero attached hydrogens (tertiary/aromatic N) is 1. The number of benzene rings is 2. The molecule has 0 unspecified atom stereocenters. The highest BCUT2D eigenvalue weighted by atomic mass is 16.6. The maximum Gasteiger partial charge on any atom is 0.269 e. The predicted octanol–water partition coefficient (Wildman–Crippen LogP) is 2.34. The summed E-state index contributed by atoms with van der Waals surface area (Å²) in [4.78, 5) is 12.2. The molecular weight excluding hydrogens is 268 g/mol. The van der Waals surface area contributed by atoms with E-state index in [-0.39, 0.29) is 12.5 Å². The SMILES string of the molecule is N#Cc1cccc(NC(=O)[C@H]2COc3ccccc3O2)c1. The monoisotopic (exact) mass is 280 g/mol. The van der Waals surface area contributed by atoms with E-state index >= 15 is 0 Å². The van der Waals surface area contributed by atoms with Gasteiger partial charge in [0.05, 0.1) is 11.6 Å². The first kappa shape index (κ1) is 13.0. The van der Waals surface area contributed by atoms with E-state index < -0.39 is 6.10 Å². The van der Waals surface area contributed by atoms with E-state index in [1.165, 1.54) is 0 Å². The van der Waals surface area contributed by atoms with Crippen LogP contribution in [0.2, 0.25) is 0 Å². The fourth-order valence-electron chi connectivity index (χ4n) is 2.04. The van der Waals surface area contributed by atoms with Crippen LogP contribution >= 0.6 is 0 Å². The molecule has 0 fully saturated rings. The van der Waals surface area contributed by atoms with Gasteiger partial charge in [-0.15, -0.1) is 0 Å². The Balaban J connectivity index is 1.71. The van der Waals surface area contributed by atoms with Crippen molar-refractivity contribution in [2.75, 3.05) is 11.9 Å². The molecule has 21 heavy (non-hydrogen) atoms. The number of amides is 1. The molecule has 1 heterocycles. The van der Waals surface area contributed by atoms with Crippen LogP contribution in [0.1, 0.15) is 5.56 Å². The van der Waals surface area contributed by atoms with Gasteiger partial charge < -0.3 is 14.8 Å². The third kappa shape index (κ3) is 2.79. The Morgan fingerprint density at radius 3 is 2.81 bits per heavy atom. The normalized spacial score (nSPS) is 15.9. The van der Waals surface area contributed by atoms with Gasteiger partial charge in [-0.05, 0) is 30.3 Å². The standard InChI is InChI=1S/C16H12N2O3/c17-9-11-4-3-5-12(8-11)18-16(19)15-10-20-13-6-1-2-7-14(13)21-15/h1-8,15H,10H2,(H,18,19)/t15-/m1/s1. The lowest BCUT2D eigenvalue weighted by Gasteiger charge is -2.25. The van der Waals surface area contributed by atoms with Crippen molar-refractivity contribution < 1.29 is 14.3 Å². The third-order valence-electron chi connectivity index (χ3n) is 3.06. The number of carbonyl (C=O) groups excluding carboxylic acids is 1. The molecule has 1 N–H and O–H groups in total. The van der Waals surface area contributed by atoms with E-state index in [1.807, 2.05) is 18.2 Å². The average molecular weight is 280 g/mol. The Morgan fingerprint density at radius 2 is 2.00 bits per heavy atom. The van der Waals surface area contributed by atoms with Gasteiger partial charge in [0.15, 0.2) is 11.5 Å². The molecule has 0 saturated heterocycles. The molecule has 1 amide bonds. The fraction of sp³-hybridized carbons (Fsp3) is 0.125. The summed E-state index contributed by atoms with van der Waals surface area (Å²) >= 11 is 0. The lowest BCUT2D eigenvalue weighted by molar-refractivity contribution is -0.125. The van der Waals surface area contributed by atoms with Gasteiger partial charge in [0.2, 0.25) is 6.10 Å². The summed E-state index contributed by atoms with van der Waals surface area (Å²) in [5.74, 6) is 0.877. The molecule has 3 rings (SSSR count). The Kier molecular flexibility index (Phi) is 3.44. The van der Waals surface area contributed by atoms with Crippen LogP contribution in [-0.2, 0) is 4.79 Å². The first-order valence-electron chi connectivity index (χ1n) is 6.46. The molecule has 0 bridgehead atoms. The first-order chi connectivity index (χ1) is 10.3. The average Bonchev–Trinajstić information content (AvgIpc) is 2.54. The largest absolute Gasteiger partial charge is 0.485 e. The van der Waals surface area contributed by atoms with E-state index in [9.17, 15) is 4.79 Å². The second-order valence-electron chi connectivity index (χ2n) is 4.55. The Morgan fingerprint density at radius 1 is 1.19 bits per heavy atom. The molecule has 2 aromatic carbocycles. The topological polar surface area (TPSA) is 71.4 Å². The molecule has 0 aliphatic carbocycles. The molecule has 0 aromatic heterocycles. The quantitative estimate of drug-likeness (QED) is 0.916. The van der Waals surface area contributed by atoms with E-state index in [1.54, 1.807) is 36.4 Å². The molecule has 5 heteroatoms. The van der Waals surface area contributed by atoms with E-state index in [0.29, 0.717) is 22.7 Å². The van der Waals surface area contributed by atoms with Crippen molar-refractivity contribution in [3.05, 3.63) is 54.1 Å². The summed E-state index contributed by atoms with van der Waals surface area (Å²) in [7, 11) is 0. The van der Waals surface area contributed by atoms with E-state index in [4.69, 9.17) is 14.7 Å². The molecule has 0 radical (unpaired) electrons. The highest BCUT2D eigenvalue weighted by Gasteiger charge is 2.27. The number of nitrogens with one attached hydrogen (secondary N) is 1. The van der Waals surface area contributed by atoms with Gasteiger partial charge in [-0.2, -0.15) is 5.26 Å². The van der Waals surface area contributed by atoms with Crippen molar-refractivity contribution in [1.29, 1.82) is 5.26 Å². The maximum atomic E-state index is 12.2. The van der Waals surface area contributed by atoms with Crippen LogP contribution in [0.15, 0.2) is 48.5 Å². The first-order valence-corrected chi connectivity index (χ1v) is 6.46. The lowest BCUT2D eigenvalue weighted by Crippen LogP contribution is -2.40. The van der Waals surface area contributed by atoms with Gasteiger partial charge >= 0.3 is 0 Å². The minimum Gasteiger partial charge on any atom is -0.485 e. The summed E-state index contributed by atoms with van der Waals surface area (Å²) in [6, 6.07) is 15.9. The number of rotatable bonds is 2. The molecular formula is C16H12N2O3. The van der Waals surface area contributed by atoms with Crippen molar-refractivity contribution in [1.82, 2.24) is 0 Å². The number of carbonyl (C=O) groups is 1. The highest BCUT2D eigenvalue weighted by molar-refractivity contribution is 5.94. The van der Waals surface area contributed by atoms with Crippen LogP contribution in [0.4, 0.5) is 5.69 Å². The van der Waals surface area contributed by atoms with Crippen molar-refractivity contribution in [2.24, 2.45) is 0 Å². The highest BCUT2D eigenvalue weighted by Crippen LogP contribution is 2.31. The molecule has 0 spiro atoms. The Labute approximate surface area is 121 Å². The Bertz CT molecular complexity index is 721. The van der Waals surface area contributed by atoms with Gasteiger partial charge in [-0.25, -0.2) is 0 Å². The number of ether oxygens (including phenoxy) is 2. The smallest absolute Gasteiger partial charge is 0.269 e. The van der Waals surface area contributed by atoms with Crippen LogP contribution in [0.25, 0.3) is 0 Å². The van der Waals surface area contributed by atoms with Crippen LogP contribution in [0.5, 0.6) is 11.5 Å². The number of anilines is 1. The minimum absolute atomic E-state index is 0.154. The number of para-hydroxylation sites is 2. The second kappa shape index (κ2) is 5.55. The van der Waals surface area contributed by atoms with Crippen LogP contribution in [0.3, 0.4) is 0 Å².